The number of rotatable bonds is 6. The van der Waals surface area contributed by atoms with Gasteiger partial charge in [-0.2, -0.15) is 4.57 Å². The second-order valence-electron chi connectivity index (χ2n) is 7.32. The third kappa shape index (κ3) is 7.44. The number of nitro groups is 2. The summed E-state index contributed by atoms with van der Waals surface area (Å²) in [6.45, 7) is 0. The summed E-state index contributed by atoms with van der Waals surface area (Å²) in [6.07, 6.45) is 1.69. The Morgan fingerprint density at radius 2 is 1.11 bits per heavy atom. The Labute approximate surface area is 211 Å². The Morgan fingerprint density at radius 1 is 0.649 bits per heavy atom. The zero-order chi connectivity index (χ0) is 27.2. The molecule has 0 aliphatic carbocycles. The van der Waals surface area contributed by atoms with Gasteiger partial charge in [-0.15, -0.1) is 10.2 Å². The first kappa shape index (κ1) is 27.0. The van der Waals surface area contributed by atoms with Gasteiger partial charge in [0.15, 0.2) is 12.0 Å². The maximum Gasteiger partial charge on any atom is 0.269 e. The molecule has 4 aromatic rings. The molecule has 1 aromatic heterocycles. The van der Waals surface area contributed by atoms with Crippen molar-refractivity contribution in [2.24, 2.45) is 0 Å². The van der Waals surface area contributed by atoms with Crippen LogP contribution in [-0.4, -0.2) is 15.6 Å². The van der Waals surface area contributed by atoms with Gasteiger partial charge in [0, 0.05) is 53.6 Å². The molecule has 4 rings (SSSR count). The van der Waals surface area contributed by atoms with Crippen molar-refractivity contribution in [3.8, 4) is 16.9 Å². The van der Waals surface area contributed by atoms with Gasteiger partial charge in [0.2, 0.25) is 11.4 Å². The number of para-hydroxylation sites is 1. The molecule has 0 bridgehead atoms. The number of pyridine rings is 1. The molecule has 37 heavy (non-hydrogen) atoms. The van der Waals surface area contributed by atoms with E-state index in [0.717, 1.165) is 16.9 Å². The molecule has 0 N–H and O–H groups in total. The van der Waals surface area contributed by atoms with Crippen molar-refractivity contribution < 1.29 is 48.1 Å². The molecule has 12 nitrogen and oxygen atoms in total. The highest BCUT2D eigenvalue weighted by atomic mass is 35.7. The first-order chi connectivity index (χ1) is 17.4. The highest BCUT2D eigenvalue weighted by Gasteiger charge is 2.21. The monoisotopic (exact) mass is 525 g/mol. The quantitative estimate of drug-likeness (QED) is 0.143. The maximum atomic E-state index is 13.0. The molecule has 0 aliphatic heterocycles. The van der Waals surface area contributed by atoms with Crippen molar-refractivity contribution >= 4 is 17.2 Å². The first-order valence-electron chi connectivity index (χ1n) is 10.2. The molecular formula is C24H16ClN3O9. The van der Waals surface area contributed by atoms with E-state index in [1.807, 2.05) is 34.9 Å². The zero-order valence-corrected chi connectivity index (χ0v) is 19.4. The van der Waals surface area contributed by atoms with Crippen LogP contribution in [0.2, 0.25) is 0 Å². The maximum absolute atomic E-state index is 13.0. The van der Waals surface area contributed by atoms with Gasteiger partial charge in [0.05, 0.1) is 15.4 Å². The number of aromatic nitrogens is 1. The fraction of sp³-hybridized carbons (Fsp3) is 0. The van der Waals surface area contributed by atoms with Crippen LogP contribution in [0.4, 0.5) is 11.4 Å². The van der Waals surface area contributed by atoms with E-state index in [9.17, 15) is 25.0 Å². The number of nitrogens with zero attached hydrogens (tertiary/aromatic N) is 3. The molecule has 13 heteroatoms. The lowest BCUT2D eigenvalue weighted by Gasteiger charge is -2.17. The van der Waals surface area contributed by atoms with Crippen LogP contribution < -0.4 is 23.2 Å². The van der Waals surface area contributed by atoms with Crippen LogP contribution >= 0.6 is 0 Å². The molecular weight excluding hydrogens is 510 g/mol. The van der Waals surface area contributed by atoms with Crippen molar-refractivity contribution in [1.29, 1.82) is 0 Å². The zero-order valence-electron chi connectivity index (χ0n) is 18.6. The number of non-ortho nitro benzene ring substituents is 2. The Morgan fingerprint density at radius 3 is 1.59 bits per heavy atom. The van der Waals surface area contributed by atoms with Crippen molar-refractivity contribution in [3.05, 3.63) is 129 Å². The van der Waals surface area contributed by atoms with Crippen LogP contribution in [0.15, 0.2) is 97.2 Å². The number of benzene rings is 3. The normalized spacial score (nSPS) is 10.7. The lowest BCUT2D eigenvalue weighted by Crippen LogP contribution is -2.68. The van der Waals surface area contributed by atoms with E-state index in [2.05, 4.69) is 0 Å². The minimum Gasteiger partial charge on any atom is -0.288 e. The fourth-order valence-electron chi connectivity index (χ4n) is 3.33. The molecule has 0 atom stereocenters. The topological polar surface area (TPSA) is 199 Å². The van der Waals surface area contributed by atoms with E-state index < -0.39 is 20.1 Å². The predicted octanol–water partition coefficient (Wildman–Crippen LogP) is -0.0783. The number of carbonyl (C=O) groups excluding carboxylic acids is 1. The number of ketones is 1. The van der Waals surface area contributed by atoms with Crippen LogP contribution in [0.3, 0.4) is 0 Å². The van der Waals surface area contributed by atoms with E-state index in [1.165, 1.54) is 36.4 Å². The third-order valence-electron chi connectivity index (χ3n) is 4.96. The molecule has 0 amide bonds. The van der Waals surface area contributed by atoms with Crippen LogP contribution in [0, 0.1) is 30.5 Å². The first-order valence-corrected chi connectivity index (χ1v) is 11.4. The third-order valence-corrected chi connectivity index (χ3v) is 4.96. The SMILES string of the molecule is O=C(c1ccc([N+](=O)[O-])cc1)c1ccc(-c2ccc([N+](=O)[O-])cc2)[n+](-c2ccccc2)c1.[O-][Cl+3]([O-])([O-])[O-]. The highest BCUT2D eigenvalue weighted by molar-refractivity contribution is 6.08. The summed E-state index contributed by atoms with van der Waals surface area (Å²) in [5, 5.41) is 21.8. The molecule has 0 fully saturated rings. The Kier molecular flexibility index (Phi) is 8.34. The van der Waals surface area contributed by atoms with Crippen molar-refractivity contribution in [2.75, 3.05) is 0 Å². The molecule has 188 valence electrons. The number of hydrogen-bond donors (Lipinski definition) is 0. The smallest absolute Gasteiger partial charge is 0.269 e. The van der Waals surface area contributed by atoms with Crippen LogP contribution in [-0.2, 0) is 0 Å². The van der Waals surface area contributed by atoms with Gasteiger partial charge in [0.25, 0.3) is 11.4 Å². The molecule has 3 aromatic carbocycles. The van der Waals surface area contributed by atoms with E-state index >= 15 is 0 Å². The number of nitro benzene ring substituents is 2. The second kappa shape index (κ2) is 11.4. The molecule has 0 radical (unpaired) electrons. The summed E-state index contributed by atoms with van der Waals surface area (Å²) in [5.74, 6) is -0.278. The van der Waals surface area contributed by atoms with Gasteiger partial charge < -0.3 is 0 Å². The van der Waals surface area contributed by atoms with Crippen LogP contribution in [0.5, 0.6) is 0 Å². The van der Waals surface area contributed by atoms with Crippen molar-refractivity contribution in [3.63, 3.8) is 0 Å². The van der Waals surface area contributed by atoms with Crippen molar-refractivity contribution in [1.82, 2.24) is 0 Å². The molecule has 0 unspecified atom stereocenters. The predicted molar refractivity (Wildman–Crippen MR) is 117 cm³/mol. The average molecular weight is 526 g/mol. The summed E-state index contributed by atoms with van der Waals surface area (Å²) >= 11 is 0. The summed E-state index contributed by atoms with van der Waals surface area (Å²) < 4.78 is 35.8. The van der Waals surface area contributed by atoms with Gasteiger partial charge in [-0.25, -0.2) is 18.6 Å². The van der Waals surface area contributed by atoms with Crippen LogP contribution in [0.25, 0.3) is 16.9 Å². The second-order valence-corrected chi connectivity index (χ2v) is 8.08. The molecule has 0 saturated heterocycles. The highest BCUT2D eigenvalue weighted by Crippen LogP contribution is 2.22. The van der Waals surface area contributed by atoms with Gasteiger partial charge in [-0.05, 0) is 30.3 Å². The summed E-state index contributed by atoms with van der Waals surface area (Å²) in [4.78, 5) is 33.9. The standard InChI is InChI=1S/C24H16N3O5.ClHO4/c28-24(18-8-13-22(14-9-18)27(31)32)19-10-15-23(17-6-11-21(12-7-17)26(29)30)25(16-19)20-4-2-1-3-5-20;2-1(3,4)5/h1-16H;(H,2,3,4,5)/q+1;/p-1. The van der Waals surface area contributed by atoms with E-state index in [1.54, 1.807) is 30.5 Å². The molecule has 0 spiro atoms. The summed E-state index contributed by atoms with van der Waals surface area (Å²) in [6, 6.07) is 24.4. The minimum atomic E-state index is -4.94. The largest absolute Gasteiger partial charge is 0.288 e. The number of halogens is 1. The van der Waals surface area contributed by atoms with Gasteiger partial charge in [-0.3, -0.25) is 25.0 Å². The van der Waals surface area contributed by atoms with Gasteiger partial charge in [-0.1, -0.05) is 18.2 Å². The van der Waals surface area contributed by atoms with E-state index in [-0.39, 0.29) is 17.2 Å². The Hall–Kier alpha value is -4.59. The molecule has 1 heterocycles. The molecule has 0 aliphatic rings. The van der Waals surface area contributed by atoms with Crippen LogP contribution in [0.1, 0.15) is 15.9 Å². The lowest BCUT2D eigenvalue weighted by atomic mass is 10.0. The van der Waals surface area contributed by atoms with E-state index in [4.69, 9.17) is 18.6 Å². The number of hydrogen-bond acceptors (Lipinski definition) is 9. The Bertz CT molecular complexity index is 1420. The minimum absolute atomic E-state index is 0.00928. The van der Waals surface area contributed by atoms with Gasteiger partial charge >= 0.3 is 0 Å². The summed E-state index contributed by atoms with van der Waals surface area (Å²) in [5.41, 5.74) is 2.92. The fourth-order valence-corrected chi connectivity index (χ4v) is 3.33. The Balaban J connectivity index is 0.000000695. The van der Waals surface area contributed by atoms with Gasteiger partial charge in [0.1, 0.15) is 0 Å². The summed E-state index contributed by atoms with van der Waals surface area (Å²) in [7, 11) is -4.94. The average Bonchev–Trinajstić information content (AvgIpc) is 2.87. The number of carbonyl (C=O) groups is 1. The van der Waals surface area contributed by atoms with E-state index in [0.29, 0.717) is 11.1 Å². The molecule has 0 saturated carbocycles. The van der Waals surface area contributed by atoms with Crippen molar-refractivity contribution in [2.45, 2.75) is 0 Å². The lowest BCUT2D eigenvalue weighted by molar-refractivity contribution is -2.00.